The number of halogens is 1. The molecule has 21 rings (SSSR count). The number of hydrogen-bond acceptors (Lipinski definition) is 22. The van der Waals surface area contributed by atoms with Crippen molar-refractivity contribution < 1.29 is 28.4 Å². The zero-order valence-electron chi connectivity index (χ0n) is 69.2. The number of aromatic amines is 4. The lowest BCUT2D eigenvalue weighted by Gasteiger charge is -2.25. The molecule has 4 aliphatic heterocycles. The summed E-state index contributed by atoms with van der Waals surface area (Å²) in [7, 11) is 1.62. The van der Waals surface area contributed by atoms with E-state index in [2.05, 4.69) is 79.5 Å². The van der Waals surface area contributed by atoms with E-state index < -0.39 is 0 Å². The first-order valence-electron chi connectivity index (χ1n) is 42.5. The fraction of sp³-hybridized carbons (Fsp3) is 0.319. The topological polar surface area (TPSA) is 361 Å². The number of ether oxygens (including phenoxy) is 6. The average molecular weight is 1700 g/mol. The highest BCUT2D eigenvalue weighted by molar-refractivity contribution is 6.30. The summed E-state index contributed by atoms with van der Waals surface area (Å²) < 4.78 is 40.6. The Morgan fingerprint density at radius 2 is 0.696 bits per heavy atom. The summed E-state index contributed by atoms with van der Waals surface area (Å²) >= 11 is 5.98. The van der Waals surface area contributed by atoms with Crippen LogP contribution in [0.25, 0.3) is 89.2 Å². The molecule has 12 aromatic heterocycles. The van der Waals surface area contributed by atoms with Crippen molar-refractivity contribution in [1.82, 2.24) is 98.9 Å². The summed E-state index contributed by atoms with van der Waals surface area (Å²) in [6, 6.07) is 50.4. The van der Waals surface area contributed by atoms with E-state index in [1.165, 1.54) is 6.42 Å². The lowest BCUT2D eigenvalue weighted by atomic mass is 9.96. The molecule has 1 saturated carbocycles. The van der Waals surface area contributed by atoms with Crippen molar-refractivity contribution in [2.45, 2.75) is 134 Å². The first-order chi connectivity index (χ1) is 61.3. The molecule has 0 bridgehead atoms. The lowest BCUT2D eigenvalue weighted by Crippen LogP contribution is -2.24. The second kappa shape index (κ2) is 38.2. The third-order valence-electron chi connectivity index (χ3n) is 23.5. The van der Waals surface area contributed by atoms with Crippen molar-refractivity contribution in [1.29, 1.82) is 0 Å². The van der Waals surface area contributed by atoms with Gasteiger partial charge in [0.15, 0.2) is 22.6 Å². The minimum absolute atomic E-state index is 0.153. The summed E-state index contributed by atoms with van der Waals surface area (Å²) in [4.78, 5) is 100. The van der Waals surface area contributed by atoms with Gasteiger partial charge >= 0.3 is 0 Å². The number of aromatic nitrogens is 20. The summed E-state index contributed by atoms with van der Waals surface area (Å²) in [6.45, 7) is 7.63. The van der Waals surface area contributed by atoms with E-state index in [-0.39, 0.29) is 52.5 Å². The molecule has 0 unspecified atom stereocenters. The van der Waals surface area contributed by atoms with Gasteiger partial charge < -0.3 is 48.4 Å². The number of nitrogens with one attached hydrogen (secondary N) is 4. The van der Waals surface area contributed by atoms with Crippen molar-refractivity contribution in [3.63, 3.8) is 0 Å². The van der Waals surface area contributed by atoms with Crippen LogP contribution in [0.2, 0.25) is 5.02 Å². The van der Waals surface area contributed by atoms with Crippen LogP contribution in [0.5, 0.6) is 11.6 Å². The van der Waals surface area contributed by atoms with Gasteiger partial charge in [-0.15, -0.1) is 0 Å². The van der Waals surface area contributed by atoms with Crippen molar-refractivity contribution in [3.05, 3.63) is 293 Å². The number of H-pyrrole nitrogens is 4. The van der Waals surface area contributed by atoms with Crippen molar-refractivity contribution in [2.75, 3.05) is 60.0 Å². The number of hydrogen-bond donors (Lipinski definition) is 4. The number of methoxy groups -OCH3 is 1. The number of fused-ring (bicyclic) bond motifs is 4. The first-order valence-corrected chi connectivity index (χ1v) is 42.9. The number of benzene rings is 4. The van der Waals surface area contributed by atoms with Gasteiger partial charge in [0.25, 0.3) is 22.2 Å². The molecule has 5 aliphatic rings. The summed E-state index contributed by atoms with van der Waals surface area (Å²) in [5.74, 6) is 3.81. The smallest absolute Gasteiger partial charge is 0.262 e. The van der Waals surface area contributed by atoms with E-state index in [1.54, 1.807) is 44.3 Å². The minimum Gasteiger partial charge on any atom is -0.495 e. The Morgan fingerprint density at radius 3 is 1.01 bits per heavy atom. The standard InChI is InChI=1S/C26H27N5O3.C23H23N5O3.C23H23N5O2.C22H20ClN5O2/c32-26-21-16-27-31(18-11-13-33-14-12-18)25(21)29-23(30-26)15-17-5-1-2-8-20(17)22-9-4-10-24(28-22)34-19-6-3-7-19;1-30-17-6-7-20(24-13-17)18-5-3-2-4-15(18)12-21-26-22-19(23(29)27-21)14-25-28(22)16-8-10-31-11-9-16;1-15-6-7-20(24-13-15)18-5-3-2-4-16(18)12-21-26-22-19(23(29)27-21)14-25-28(22)17-8-10-30-11-9-17;23-15-5-6-19(24-12-15)17-4-2-1-3-14(17)11-20-26-21-18(22(29)27-20)13-25-28(21)16-7-9-30-10-8-16/h1-2,4-5,8-10,16,18-19H,3,6-7,11-15H2,(H,29,30,32);2-7,13-14,16H,8-12H2,1H3,(H,26,27,29);2-7,13-14,17H,8-12H2,1H3,(H,26,27,29);1-6,12-13,16H,7-11H2,(H,26,27,29). The Balaban J connectivity index is 0.000000113. The van der Waals surface area contributed by atoms with Crippen molar-refractivity contribution in [2.24, 2.45) is 0 Å². The molecule has 0 radical (unpaired) electrons. The van der Waals surface area contributed by atoms with Crippen LogP contribution in [0.15, 0.2) is 214 Å². The fourth-order valence-electron chi connectivity index (χ4n) is 16.6. The van der Waals surface area contributed by atoms with Gasteiger partial charge in [-0.3, -0.25) is 34.1 Å². The molecule has 1 aliphatic carbocycles. The zero-order valence-corrected chi connectivity index (χ0v) is 70.0. The van der Waals surface area contributed by atoms with Crippen molar-refractivity contribution in [3.8, 4) is 56.7 Å². The molecule has 636 valence electrons. The molecule has 0 atom stereocenters. The molecular formula is C94H93ClN20O10. The van der Waals surface area contributed by atoms with Crippen LogP contribution in [0.3, 0.4) is 0 Å². The summed E-state index contributed by atoms with van der Waals surface area (Å²) in [6.07, 6.45) is 24.2. The highest BCUT2D eigenvalue weighted by Gasteiger charge is 2.28. The number of aryl methyl sites for hydroxylation is 1. The number of rotatable bonds is 19. The Bertz CT molecular complexity index is 6520. The third-order valence-corrected chi connectivity index (χ3v) is 23.7. The second-order valence-electron chi connectivity index (χ2n) is 31.8. The molecule has 0 amide bonds. The summed E-state index contributed by atoms with van der Waals surface area (Å²) in [5, 5.41) is 20.6. The Labute approximate surface area is 721 Å². The molecule has 125 heavy (non-hydrogen) atoms. The van der Waals surface area contributed by atoms with E-state index in [1.807, 2.05) is 159 Å². The van der Waals surface area contributed by atoms with Crippen LogP contribution in [-0.2, 0) is 44.6 Å². The first kappa shape index (κ1) is 82.6. The van der Waals surface area contributed by atoms with Crippen LogP contribution < -0.4 is 31.7 Å². The van der Waals surface area contributed by atoms with E-state index >= 15 is 0 Å². The van der Waals surface area contributed by atoms with Gasteiger partial charge in [-0.2, -0.15) is 20.4 Å². The monoisotopic (exact) mass is 1700 g/mol. The van der Waals surface area contributed by atoms with Gasteiger partial charge in [0.2, 0.25) is 5.88 Å². The average Bonchev–Trinajstić information content (AvgIpc) is 1.67. The molecule has 16 heterocycles. The molecule has 31 heteroatoms. The number of pyridine rings is 4. The van der Waals surface area contributed by atoms with Gasteiger partial charge in [0, 0.05) is 119 Å². The van der Waals surface area contributed by atoms with Gasteiger partial charge in [0.1, 0.15) is 56.7 Å². The molecule has 16 aromatic rings. The second-order valence-corrected chi connectivity index (χ2v) is 32.2. The largest absolute Gasteiger partial charge is 0.495 e. The van der Waals surface area contributed by atoms with Crippen LogP contribution in [0.4, 0.5) is 0 Å². The van der Waals surface area contributed by atoms with Crippen LogP contribution in [0.1, 0.15) is 146 Å². The molecule has 4 saturated heterocycles. The molecule has 30 nitrogen and oxygen atoms in total. The van der Waals surface area contributed by atoms with Gasteiger partial charge in [-0.25, -0.2) is 43.6 Å². The highest BCUT2D eigenvalue weighted by atomic mass is 35.5. The van der Waals surface area contributed by atoms with Gasteiger partial charge in [0.05, 0.1) is 90.1 Å². The normalized spacial score (nSPS) is 15.5. The van der Waals surface area contributed by atoms with Crippen LogP contribution >= 0.6 is 11.6 Å². The van der Waals surface area contributed by atoms with Crippen LogP contribution in [0, 0.1) is 6.92 Å². The quantitative estimate of drug-likeness (QED) is 0.0584. The van der Waals surface area contributed by atoms with E-state index in [0.717, 1.165) is 137 Å². The van der Waals surface area contributed by atoms with E-state index in [9.17, 15) is 19.2 Å². The highest BCUT2D eigenvalue weighted by Crippen LogP contribution is 2.34. The Hall–Kier alpha value is -13.4. The van der Waals surface area contributed by atoms with E-state index in [0.29, 0.717) is 163 Å². The Kier molecular flexibility index (Phi) is 25.2. The number of nitrogens with zero attached hydrogens (tertiary/aromatic N) is 16. The van der Waals surface area contributed by atoms with Crippen LogP contribution in [-0.4, -0.2) is 165 Å². The predicted molar refractivity (Wildman–Crippen MR) is 473 cm³/mol. The molecule has 5 fully saturated rings. The summed E-state index contributed by atoms with van der Waals surface area (Å²) in [5.41, 5.74) is 14.6. The zero-order chi connectivity index (χ0) is 85.1. The van der Waals surface area contributed by atoms with Gasteiger partial charge in [-0.05, 0) is 142 Å². The van der Waals surface area contributed by atoms with Gasteiger partial charge in [-0.1, -0.05) is 121 Å². The van der Waals surface area contributed by atoms with E-state index in [4.69, 9.17) is 64.9 Å². The maximum absolute atomic E-state index is 12.8. The molecule has 0 spiro atoms. The van der Waals surface area contributed by atoms with Crippen molar-refractivity contribution >= 4 is 55.7 Å². The molecule has 4 N–H and O–H groups in total. The Morgan fingerprint density at radius 1 is 0.360 bits per heavy atom. The predicted octanol–water partition coefficient (Wildman–Crippen LogP) is 14.4. The SMILES string of the molecule is COc1ccc(-c2ccccc2Cc2nc3c(cnn3C3CCOCC3)c(=O)[nH]2)nc1.Cc1ccc(-c2ccccc2Cc2nc3c(cnn3C3CCOCC3)c(=O)[nH]2)nc1.O=c1[nH]c(Cc2ccccc2-c2ccc(Cl)cn2)nc2c1cnn2C1CCOCC1.O=c1[nH]c(Cc2ccccc2-c2cccc(OC3CCC3)n2)nc2c1cnn2C1CCOCC1. The minimum atomic E-state index is -0.171. The maximum atomic E-state index is 12.8. The molecular weight excluding hydrogens is 1600 g/mol. The molecule has 4 aromatic carbocycles. The fourth-order valence-corrected chi connectivity index (χ4v) is 16.7. The maximum Gasteiger partial charge on any atom is 0.262 e. The lowest BCUT2D eigenvalue weighted by molar-refractivity contribution is 0.0672. The third kappa shape index (κ3) is 18.9.